The lowest BCUT2D eigenvalue weighted by Gasteiger charge is -2.49. The van der Waals surface area contributed by atoms with E-state index in [0.717, 1.165) is 18.7 Å². The zero-order valence-corrected chi connectivity index (χ0v) is 15.3. The van der Waals surface area contributed by atoms with Crippen molar-refractivity contribution in [1.82, 2.24) is 25.1 Å². The second kappa shape index (κ2) is 6.89. The van der Waals surface area contributed by atoms with Crippen molar-refractivity contribution < 1.29 is 22.8 Å². The third-order valence-corrected chi connectivity index (χ3v) is 5.84. The van der Waals surface area contributed by atoms with Gasteiger partial charge in [-0.1, -0.05) is 0 Å². The molecule has 0 aromatic carbocycles. The number of nitrogens with zero attached hydrogens (tertiary/aromatic N) is 4. The molecule has 0 aliphatic carbocycles. The van der Waals surface area contributed by atoms with E-state index in [1.165, 1.54) is 0 Å². The molecule has 1 aromatic rings. The van der Waals surface area contributed by atoms with Gasteiger partial charge in [0.25, 0.3) is 0 Å². The number of piperidine rings is 1. The van der Waals surface area contributed by atoms with Crippen LogP contribution >= 0.6 is 0 Å². The lowest BCUT2D eigenvalue weighted by Crippen LogP contribution is -2.70. The molecule has 3 aliphatic rings. The summed E-state index contributed by atoms with van der Waals surface area (Å²) in [5.74, 6) is 0.398. The number of hydrogen-bond donors (Lipinski definition) is 1. The summed E-state index contributed by atoms with van der Waals surface area (Å²) in [4.78, 5) is 35.1. The van der Waals surface area contributed by atoms with Crippen LogP contribution in [0.4, 0.5) is 18.0 Å². The second-order valence-corrected chi connectivity index (χ2v) is 7.96. The summed E-state index contributed by atoms with van der Waals surface area (Å²) in [6.45, 7) is 2.24. The first-order valence-electron chi connectivity index (χ1n) is 9.48. The number of nitrogens with one attached hydrogen (secondary N) is 1. The highest BCUT2D eigenvalue weighted by Gasteiger charge is 2.50. The Balaban J connectivity index is 1.26. The minimum Gasteiger partial charge on any atom is -0.347 e. The van der Waals surface area contributed by atoms with Gasteiger partial charge in [0.15, 0.2) is 0 Å². The minimum absolute atomic E-state index is 0.0273. The summed E-state index contributed by atoms with van der Waals surface area (Å²) in [6.07, 6.45) is -0.237. The van der Waals surface area contributed by atoms with E-state index in [-0.39, 0.29) is 29.2 Å². The van der Waals surface area contributed by atoms with E-state index in [2.05, 4.69) is 15.3 Å². The fraction of sp³-hybridized carbons (Fsp3) is 0.667. The van der Waals surface area contributed by atoms with E-state index in [1.54, 1.807) is 9.80 Å². The average Bonchev–Trinajstić information content (AvgIpc) is 3.02. The topological polar surface area (TPSA) is 78.4 Å². The zero-order chi connectivity index (χ0) is 19.9. The smallest absolute Gasteiger partial charge is 0.347 e. The van der Waals surface area contributed by atoms with Gasteiger partial charge in [-0.2, -0.15) is 13.2 Å². The summed E-state index contributed by atoms with van der Waals surface area (Å²) in [6, 6.07) is 0.845. The number of likely N-dealkylation sites (tertiary alicyclic amines) is 2. The standard InChI is InChI=1S/C18H22F3N5O2/c19-18(20,21)13-2-6-22-14(23-13)9-12-3-7-25(8-4-12)16(28)26-10-17(11-26)5-1-15(27)24-17/h2,6,12H,1,3-5,7-11H2,(H,24,27). The summed E-state index contributed by atoms with van der Waals surface area (Å²) in [5, 5.41) is 2.96. The van der Waals surface area contributed by atoms with Crippen molar-refractivity contribution in [3.8, 4) is 0 Å². The molecule has 28 heavy (non-hydrogen) atoms. The molecule has 0 bridgehead atoms. The van der Waals surface area contributed by atoms with E-state index in [1.807, 2.05) is 0 Å². The van der Waals surface area contributed by atoms with E-state index < -0.39 is 11.9 Å². The number of urea groups is 1. The fourth-order valence-corrected chi connectivity index (χ4v) is 4.27. The zero-order valence-electron chi connectivity index (χ0n) is 15.3. The maximum atomic E-state index is 12.8. The molecule has 152 valence electrons. The molecule has 3 fully saturated rings. The monoisotopic (exact) mass is 397 g/mol. The van der Waals surface area contributed by atoms with Gasteiger partial charge in [0.1, 0.15) is 11.5 Å². The Morgan fingerprint density at radius 1 is 1.25 bits per heavy atom. The molecule has 3 saturated heterocycles. The first kappa shape index (κ1) is 18.9. The highest BCUT2D eigenvalue weighted by Crippen LogP contribution is 2.32. The highest BCUT2D eigenvalue weighted by atomic mass is 19.4. The molecule has 4 rings (SSSR count). The van der Waals surface area contributed by atoms with Gasteiger partial charge in [-0.3, -0.25) is 4.79 Å². The molecule has 0 saturated carbocycles. The number of amides is 3. The van der Waals surface area contributed by atoms with Crippen LogP contribution in [0.1, 0.15) is 37.2 Å². The Labute approximate surface area is 160 Å². The summed E-state index contributed by atoms with van der Waals surface area (Å²) in [5.41, 5.74) is -1.15. The largest absolute Gasteiger partial charge is 0.433 e. The molecule has 1 spiro atoms. The van der Waals surface area contributed by atoms with Crippen molar-refractivity contribution in [3.05, 3.63) is 23.8 Å². The van der Waals surface area contributed by atoms with Gasteiger partial charge in [-0.05, 0) is 31.2 Å². The van der Waals surface area contributed by atoms with Gasteiger partial charge < -0.3 is 15.1 Å². The molecular weight excluding hydrogens is 375 g/mol. The van der Waals surface area contributed by atoms with Gasteiger partial charge in [0.2, 0.25) is 5.91 Å². The van der Waals surface area contributed by atoms with E-state index in [4.69, 9.17) is 0 Å². The van der Waals surface area contributed by atoms with Crippen LogP contribution in [-0.2, 0) is 17.4 Å². The Morgan fingerprint density at radius 2 is 1.96 bits per heavy atom. The van der Waals surface area contributed by atoms with Crippen molar-refractivity contribution in [3.63, 3.8) is 0 Å². The SMILES string of the molecule is O=C1CCC2(CN(C(=O)N3CCC(Cc4nccc(C(F)(F)F)n4)CC3)C2)N1. The number of hydrogen-bond acceptors (Lipinski definition) is 4. The number of halogens is 3. The Morgan fingerprint density at radius 3 is 2.57 bits per heavy atom. The van der Waals surface area contributed by atoms with Gasteiger partial charge in [-0.15, -0.1) is 0 Å². The lowest BCUT2D eigenvalue weighted by molar-refractivity contribution is -0.141. The summed E-state index contributed by atoms with van der Waals surface area (Å²) >= 11 is 0. The normalized spacial score (nSPS) is 22.3. The van der Waals surface area contributed by atoms with Gasteiger partial charge >= 0.3 is 12.2 Å². The van der Waals surface area contributed by atoms with E-state index in [9.17, 15) is 22.8 Å². The molecule has 0 radical (unpaired) electrons. The molecule has 0 unspecified atom stereocenters. The predicted molar refractivity (Wildman–Crippen MR) is 92.1 cm³/mol. The number of carbonyl (C=O) groups excluding carboxylic acids is 2. The first-order valence-corrected chi connectivity index (χ1v) is 9.48. The van der Waals surface area contributed by atoms with Crippen LogP contribution in [0.2, 0.25) is 0 Å². The molecule has 3 amide bonds. The molecule has 1 aromatic heterocycles. The number of alkyl halides is 3. The molecule has 10 heteroatoms. The summed E-state index contributed by atoms with van der Waals surface area (Å²) < 4.78 is 38.3. The van der Waals surface area contributed by atoms with Crippen LogP contribution < -0.4 is 5.32 Å². The molecule has 4 heterocycles. The molecule has 3 aliphatic heterocycles. The van der Waals surface area contributed by atoms with Crippen LogP contribution in [0.3, 0.4) is 0 Å². The van der Waals surface area contributed by atoms with Crippen molar-refractivity contribution in [1.29, 1.82) is 0 Å². The molecule has 1 N–H and O–H groups in total. The fourth-order valence-electron chi connectivity index (χ4n) is 4.27. The van der Waals surface area contributed by atoms with Gasteiger partial charge in [0, 0.05) is 45.2 Å². The Hall–Kier alpha value is -2.39. The quantitative estimate of drug-likeness (QED) is 0.826. The molecule has 7 nitrogen and oxygen atoms in total. The second-order valence-electron chi connectivity index (χ2n) is 7.96. The Bertz CT molecular complexity index is 771. The van der Waals surface area contributed by atoms with Crippen molar-refractivity contribution >= 4 is 11.9 Å². The highest BCUT2D eigenvalue weighted by molar-refractivity contribution is 5.82. The average molecular weight is 397 g/mol. The van der Waals surface area contributed by atoms with E-state index >= 15 is 0 Å². The van der Waals surface area contributed by atoms with Crippen LogP contribution in [-0.4, -0.2) is 63.4 Å². The summed E-state index contributed by atoms with van der Waals surface area (Å²) in [7, 11) is 0. The van der Waals surface area contributed by atoms with Gasteiger partial charge in [0.05, 0.1) is 5.54 Å². The lowest BCUT2D eigenvalue weighted by atomic mass is 9.88. The van der Waals surface area contributed by atoms with Crippen molar-refractivity contribution in [2.24, 2.45) is 5.92 Å². The van der Waals surface area contributed by atoms with Crippen LogP contribution in [0.25, 0.3) is 0 Å². The van der Waals surface area contributed by atoms with Gasteiger partial charge in [-0.25, -0.2) is 14.8 Å². The number of aromatic nitrogens is 2. The predicted octanol–water partition coefficient (Wildman–Crippen LogP) is 1.83. The number of rotatable bonds is 2. The molecular formula is C18H22F3N5O2. The van der Waals surface area contributed by atoms with Crippen molar-refractivity contribution in [2.75, 3.05) is 26.2 Å². The van der Waals surface area contributed by atoms with Crippen molar-refractivity contribution in [2.45, 2.75) is 43.8 Å². The van der Waals surface area contributed by atoms with Crippen LogP contribution in [0.15, 0.2) is 12.3 Å². The maximum Gasteiger partial charge on any atom is 0.433 e. The van der Waals surface area contributed by atoms with Crippen LogP contribution in [0, 0.1) is 5.92 Å². The van der Waals surface area contributed by atoms with Crippen LogP contribution in [0.5, 0.6) is 0 Å². The Kier molecular flexibility index (Phi) is 4.67. The third-order valence-electron chi connectivity index (χ3n) is 5.84. The third kappa shape index (κ3) is 3.77. The van der Waals surface area contributed by atoms with E-state index in [0.29, 0.717) is 51.9 Å². The molecule has 0 atom stereocenters. The maximum absolute atomic E-state index is 12.8. The number of carbonyl (C=O) groups is 2. The minimum atomic E-state index is -4.47. The first-order chi connectivity index (χ1) is 13.2.